The minimum atomic E-state index is -0.659. The molecule has 0 amide bonds. The Labute approximate surface area is 77.5 Å². The van der Waals surface area contributed by atoms with Crippen LogP contribution in [-0.2, 0) is 4.79 Å². The molecule has 0 aromatic heterocycles. The van der Waals surface area contributed by atoms with Crippen molar-refractivity contribution in [1.82, 2.24) is 5.32 Å². The van der Waals surface area contributed by atoms with Gasteiger partial charge in [0.1, 0.15) is 6.04 Å². The van der Waals surface area contributed by atoms with Crippen LogP contribution in [0.25, 0.3) is 0 Å². The van der Waals surface area contributed by atoms with Crippen molar-refractivity contribution >= 4 is 5.97 Å². The van der Waals surface area contributed by atoms with Crippen molar-refractivity contribution in [2.24, 2.45) is 17.8 Å². The summed E-state index contributed by atoms with van der Waals surface area (Å²) in [6.07, 6.45) is 4.90. The van der Waals surface area contributed by atoms with Crippen LogP contribution >= 0.6 is 0 Å². The van der Waals surface area contributed by atoms with Gasteiger partial charge in [-0.25, -0.2) is 0 Å². The third-order valence-corrected chi connectivity index (χ3v) is 4.29. The number of hydrogen-bond donors (Lipinski definition) is 2. The van der Waals surface area contributed by atoms with Gasteiger partial charge in [0.15, 0.2) is 0 Å². The highest BCUT2D eigenvalue weighted by atomic mass is 16.4. The molecule has 0 aromatic rings. The topological polar surface area (TPSA) is 49.3 Å². The molecule has 2 saturated carbocycles. The zero-order valence-corrected chi connectivity index (χ0v) is 7.57. The van der Waals surface area contributed by atoms with Gasteiger partial charge in [-0.1, -0.05) is 0 Å². The lowest BCUT2D eigenvalue weighted by Crippen LogP contribution is -2.39. The molecule has 3 rings (SSSR count). The van der Waals surface area contributed by atoms with Gasteiger partial charge in [-0.2, -0.15) is 0 Å². The minimum absolute atomic E-state index is 0.251. The molecule has 3 nitrogen and oxygen atoms in total. The molecule has 2 bridgehead atoms. The van der Waals surface area contributed by atoms with E-state index in [0.29, 0.717) is 12.0 Å². The van der Waals surface area contributed by atoms with E-state index in [1.165, 1.54) is 19.3 Å². The molecular weight excluding hydrogens is 166 g/mol. The summed E-state index contributed by atoms with van der Waals surface area (Å²) in [6.45, 7) is 0. The number of rotatable bonds is 1. The Balaban J connectivity index is 1.79. The molecule has 3 fully saturated rings. The summed E-state index contributed by atoms with van der Waals surface area (Å²) >= 11 is 0. The number of fused-ring (bicyclic) bond motifs is 5. The maximum absolute atomic E-state index is 10.8. The highest BCUT2D eigenvalue weighted by Gasteiger charge is 2.53. The Morgan fingerprint density at radius 1 is 1.23 bits per heavy atom. The molecule has 0 radical (unpaired) electrons. The standard InChI is InChI=1S/C10H15NO2/c12-10(13)8-4-7-5-1-2-6(3-5)9(7)11-8/h5-9,11H,1-4H2,(H,12,13)/t5-,6+,7-,8-,9+/m0/s1. The Morgan fingerprint density at radius 3 is 2.69 bits per heavy atom. The van der Waals surface area contributed by atoms with Crippen LogP contribution in [0.1, 0.15) is 25.7 Å². The molecular formula is C10H15NO2. The number of aliphatic carboxylic acids is 1. The van der Waals surface area contributed by atoms with E-state index in [0.717, 1.165) is 18.3 Å². The van der Waals surface area contributed by atoms with Gasteiger partial charge in [-0.3, -0.25) is 4.79 Å². The average molecular weight is 181 g/mol. The predicted octanol–water partition coefficient (Wildman–Crippen LogP) is 0.848. The molecule has 3 aliphatic rings. The van der Waals surface area contributed by atoms with Crippen molar-refractivity contribution in [2.45, 2.75) is 37.8 Å². The molecule has 5 atom stereocenters. The SMILES string of the molecule is O=C(O)[C@@H]1C[C@H]2[C@H]3CC[C@H](C3)[C@H]2N1. The van der Waals surface area contributed by atoms with E-state index >= 15 is 0 Å². The van der Waals surface area contributed by atoms with Crippen LogP contribution < -0.4 is 5.32 Å². The van der Waals surface area contributed by atoms with Gasteiger partial charge >= 0.3 is 5.97 Å². The molecule has 2 aliphatic carbocycles. The first-order valence-electron chi connectivity index (χ1n) is 5.24. The largest absolute Gasteiger partial charge is 0.480 e. The third kappa shape index (κ3) is 0.966. The van der Waals surface area contributed by atoms with Crippen molar-refractivity contribution in [3.8, 4) is 0 Å². The van der Waals surface area contributed by atoms with E-state index in [1.54, 1.807) is 0 Å². The van der Waals surface area contributed by atoms with Gasteiger partial charge in [-0.15, -0.1) is 0 Å². The predicted molar refractivity (Wildman–Crippen MR) is 47.3 cm³/mol. The lowest BCUT2D eigenvalue weighted by Gasteiger charge is -2.23. The molecule has 0 unspecified atom stereocenters. The molecule has 2 N–H and O–H groups in total. The molecule has 0 aromatic carbocycles. The highest BCUT2D eigenvalue weighted by Crippen LogP contribution is 2.52. The molecule has 3 heteroatoms. The third-order valence-electron chi connectivity index (χ3n) is 4.29. The first-order chi connectivity index (χ1) is 6.25. The number of hydrogen-bond acceptors (Lipinski definition) is 2. The van der Waals surface area contributed by atoms with E-state index in [-0.39, 0.29) is 6.04 Å². The smallest absolute Gasteiger partial charge is 0.320 e. The number of nitrogens with one attached hydrogen (secondary N) is 1. The molecule has 1 saturated heterocycles. The van der Waals surface area contributed by atoms with Gasteiger partial charge in [0, 0.05) is 6.04 Å². The van der Waals surface area contributed by atoms with E-state index < -0.39 is 5.97 Å². The lowest BCUT2D eigenvalue weighted by molar-refractivity contribution is -0.139. The first kappa shape index (κ1) is 7.80. The number of carboxylic acid groups (broad SMARTS) is 1. The van der Waals surface area contributed by atoms with Crippen LogP contribution in [-0.4, -0.2) is 23.2 Å². The van der Waals surface area contributed by atoms with Gasteiger partial charge < -0.3 is 10.4 Å². The monoisotopic (exact) mass is 181 g/mol. The molecule has 13 heavy (non-hydrogen) atoms. The fraction of sp³-hybridized carbons (Fsp3) is 0.900. The van der Waals surface area contributed by atoms with Crippen molar-refractivity contribution in [2.75, 3.05) is 0 Å². The molecule has 1 heterocycles. The molecule has 72 valence electrons. The van der Waals surface area contributed by atoms with Gasteiger partial charge in [-0.05, 0) is 43.4 Å². The fourth-order valence-electron chi connectivity index (χ4n) is 3.75. The van der Waals surface area contributed by atoms with Crippen LogP contribution in [0.15, 0.2) is 0 Å². The summed E-state index contributed by atoms with van der Waals surface area (Å²) in [6, 6.07) is 0.290. The van der Waals surface area contributed by atoms with Crippen molar-refractivity contribution in [3.63, 3.8) is 0 Å². The van der Waals surface area contributed by atoms with Gasteiger partial charge in [0.25, 0.3) is 0 Å². The normalized spacial score (nSPS) is 52.5. The molecule has 0 spiro atoms. The van der Waals surface area contributed by atoms with Crippen LogP contribution in [0.5, 0.6) is 0 Å². The van der Waals surface area contributed by atoms with E-state index in [4.69, 9.17) is 5.11 Å². The van der Waals surface area contributed by atoms with Crippen LogP contribution in [0, 0.1) is 17.8 Å². The summed E-state index contributed by atoms with van der Waals surface area (Å²) in [4.78, 5) is 10.8. The van der Waals surface area contributed by atoms with Crippen molar-refractivity contribution in [3.05, 3.63) is 0 Å². The summed E-state index contributed by atoms with van der Waals surface area (Å²) in [5.74, 6) is 1.65. The quantitative estimate of drug-likeness (QED) is 0.630. The summed E-state index contributed by atoms with van der Waals surface area (Å²) in [5, 5.41) is 12.2. The highest BCUT2D eigenvalue weighted by molar-refractivity contribution is 5.74. The minimum Gasteiger partial charge on any atom is -0.480 e. The molecule has 1 aliphatic heterocycles. The Kier molecular flexibility index (Phi) is 1.48. The van der Waals surface area contributed by atoms with E-state index in [2.05, 4.69) is 5.32 Å². The van der Waals surface area contributed by atoms with Crippen molar-refractivity contribution < 1.29 is 9.90 Å². The van der Waals surface area contributed by atoms with Gasteiger partial charge in [0.2, 0.25) is 0 Å². The van der Waals surface area contributed by atoms with Gasteiger partial charge in [0.05, 0.1) is 0 Å². The number of carboxylic acids is 1. The zero-order chi connectivity index (χ0) is 9.00. The van der Waals surface area contributed by atoms with Crippen LogP contribution in [0.4, 0.5) is 0 Å². The maximum Gasteiger partial charge on any atom is 0.320 e. The second-order valence-electron chi connectivity index (χ2n) is 4.82. The van der Waals surface area contributed by atoms with E-state index in [9.17, 15) is 4.79 Å². The zero-order valence-electron chi connectivity index (χ0n) is 7.57. The Bertz CT molecular complexity index is 235. The summed E-state index contributed by atoms with van der Waals surface area (Å²) in [5.41, 5.74) is 0. The fourth-order valence-corrected chi connectivity index (χ4v) is 3.75. The maximum atomic E-state index is 10.8. The van der Waals surface area contributed by atoms with Crippen LogP contribution in [0.2, 0.25) is 0 Å². The second kappa shape index (κ2) is 2.47. The Hall–Kier alpha value is -0.570. The second-order valence-corrected chi connectivity index (χ2v) is 4.82. The lowest BCUT2D eigenvalue weighted by atomic mass is 9.85. The summed E-state index contributed by atoms with van der Waals surface area (Å²) in [7, 11) is 0. The van der Waals surface area contributed by atoms with E-state index in [1.807, 2.05) is 0 Å². The Morgan fingerprint density at radius 2 is 2.00 bits per heavy atom. The summed E-state index contributed by atoms with van der Waals surface area (Å²) < 4.78 is 0. The van der Waals surface area contributed by atoms with Crippen LogP contribution in [0.3, 0.4) is 0 Å². The first-order valence-corrected chi connectivity index (χ1v) is 5.24. The average Bonchev–Trinajstić information content (AvgIpc) is 2.76. The van der Waals surface area contributed by atoms with Crippen molar-refractivity contribution in [1.29, 1.82) is 0 Å². The number of carbonyl (C=O) groups is 1.